The highest BCUT2D eigenvalue weighted by Gasteiger charge is 2.36. The number of carbonyl (C=O) groups is 1. The van der Waals surface area contributed by atoms with Crippen molar-refractivity contribution >= 4 is 5.91 Å². The monoisotopic (exact) mass is 223 g/mol. The van der Waals surface area contributed by atoms with E-state index in [1.807, 2.05) is 4.90 Å². The fraction of sp³-hybridized carbons (Fsp3) is 0.727. The molecule has 3 N–H and O–H groups in total. The Bertz CT molecular complexity index is 349. The smallest absolute Gasteiger partial charge is 0.264 e. The molecule has 0 saturated heterocycles. The molecule has 0 aromatic carbocycles. The van der Waals surface area contributed by atoms with Gasteiger partial charge in [0.2, 0.25) is 0 Å². The van der Waals surface area contributed by atoms with Crippen LogP contribution >= 0.6 is 0 Å². The molecule has 1 atom stereocenters. The van der Waals surface area contributed by atoms with E-state index in [0.29, 0.717) is 19.1 Å². The molecule has 1 saturated carbocycles. The third-order valence-electron chi connectivity index (χ3n) is 3.40. The van der Waals surface area contributed by atoms with Crippen molar-refractivity contribution in [1.82, 2.24) is 10.2 Å². The van der Waals surface area contributed by atoms with E-state index in [0.717, 1.165) is 24.4 Å². The third-order valence-corrected chi connectivity index (χ3v) is 3.40. The molecule has 1 unspecified atom stereocenters. The number of hydrogen-bond acceptors (Lipinski definition) is 4. The van der Waals surface area contributed by atoms with Crippen molar-refractivity contribution in [1.29, 1.82) is 0 Å². The molecule has 5 nitrogen and oxygen atoms in total. The van der Waals surface area contributed by atoms with Crippen molar-refractivity contribution in [2.24, 2.45) is 11.7 Å². The lowest BCUT2D eigenvalue weighted by Gasteiger charge is -2.38. The highest BCUT2D eigenvalue weighted by Crippen LogP contribution is 2.33. The minimum atomic E-state index is -0.598. The van der Waals surface area contributed by atoms with Gasteiger partial charge in [-0.25, -0.2) is 0 Å². The van der Waals surface area contributed by atoms with Crippen LogP contribution in [0.5, 0.6) is 0 Å². The zero-order valence-electron chi connectivity index (χ0n) is 9.24. The van der Waals surface area contributed by atoms with Gasteiger partial charge >= 0.3 is 0 Å². The largest absolute Gasteiger partial charge is 0.375 e. The van der Waals surface area contributed by atoms with Crippen molar-refractivity contribution in [3.8, 4) is 0 Å². The molecule has 88 valence electrons. The summed E-state index contributed by atoms with van der Waals surface area (Å²) in [6.07, 6.45) is 2.70. The van der Waals surface area contributed by atoms with Gasteiger partial charge in [-0.05, 0) is 18.8 Å². The normalized spacial score (nSPS) is 30.2. The zero-order chi connectivity index (χ0) is 11.1. The van der Waals surface area contributed by atoms with Crippen LogP contribution < -0.4 is 11.1 Å². The predicted octanol–water partition coefficient (Wildman–Crippen LogP) is -0.255. The van der Waals surface area contributed by atoms with Crippen LogP contribution in [-0.2, 0) is 9.53 Å². The molecule has 16 heavy (non-hydrogen) atoms. The van der Waals surface area contributed by atoms with Gasteiger partial charge in [-0.15, -0.1) is 0 Å². The summed E-state index contributed by atoms with van der Waals surface area (Å²) in [7, 11) is 0. The molecule has 0 spiro atoms. The second-order valence-electron chi connectivity index (χ2n) is 4.74. The van der Waals surface area contributed by atoms with E-state index in [9.17, 15) is 4.79 Å². The van der Waals surface area contributed by atoms with Crippen LogP contribution in [0.25, 0.3) is 0 Å². The molecule has 0 radical (unpaired) electrons. The van der Waals surface area contributed by atoms with Gasteiger partial charge in [0.05, 0.1) is 18.9 Å². The quantitative estimate of drug-likeness (QED) is 0.677. The van der Waals surface area contributed by atoms with Gasteiger partial charge in [-0.1, -0.05) is 0 Å². The summed E-state index contributed by atoms with van der Waals surface area (Å²) in [6.45, 7) is 2.09. The third kappa shape index (κ3) is 1.70. The molecule has 0 bridgehead atoms. The molecule has 3 rings (SSSR count). The Morgan fingerprint density at radius 2 is 2.31 bits per heavy atom. The first kappa shape index (κ1) is 10.1. The zero-order valence-corrected chi connectivity index (χ0v) is 9.24. The molecule has 5 heteroatoms. The lowest BCUT2D eigenvalue weighted by molar-refractivity contribution is -0.133. The Hall–Kier alpha value is -1.07. The molecule has 3 aliphatic rings. The first-order valence-corrected chi connectivity index (χ1v) is 5.89. The minimum absolute atomic E-state index is 0.00699. The number of rotatable bonds is 2. The summed E-state index contributed by atoms with van der Waals surface area (Å²) in [5.74, 6) is 0.693. The van der Waals surface area contributed by atoms with E-state index in [4.69, 9.17) is 10.5 Å². The average molecular weight is 223 g/mol. The van der Waals surface area contributed by atoms with Gasteiger partial charge in [0.15, 0.2) is 6.17 Å². The van der Waals surface area contributed by atoms with Crippen molar-refractivity contribution in [2.45, 2.75) is 25.4 Å². The summed E-state index contributed by atoms with van der Waals surface area (Å²) in [5.41, 5.74) is 7.88. The van der Waals surface area contributed by atoms with Crippen molar-refractivity contribution < 1.29 is 9.53 Å². The van der Waals surface area contributed by atoms with Gasteiger partial charge in [-0.3, -0.25) is 4.79 Å². The van der Waals surface area contributed by atoms with E-state index in [1.165, 1.54) is 12.8 Å². The number of nitrogens with two attached hydrogens (primary N) is 1. The van der Waals surface area contributed by atoms with Crippen LogP contribution in [0, 0.1) is 5.92 Å². The Morgan fingerprint density at radius 1 is 1.50 bits per heavy atom. The predicted molar refractivity (Wildman–Crippen MR) is 58.0 cm³/mol. The van der Waals surface area contributed by atoms with Crippen LogP contribution in [-0.4, -0.2) is 36.7 Å². The molecular weight excluding hydrogens is 206 g/mol. The first-order chi connectivity index (χ1) is 7.75. The number of carbonyl (C=O) groups excluding carboxylic acids is 1. The highest BCUT2D eigenvalue weighted by atomic mass is 16.5. The fourth-order valence-electron chi connectivity index (χ4n) is 2.31. The Labute approximate surface area is 94.6 Å². The van der Waals surface area contributed by atoms with Gasteiger partial charge in [0.25, 0.3) is 5.91 Å². The van der Waals surface area contributed by atoms with E-state index in [1.54, 1.807) is 0 Å². The number of nitrogens with zero attached hydrogens (tertiary/aromatic N) is 1. The van der Waals surface area contributed by atoms with Gasteiger partial charge in [-0.2, -0.15) is 0 Å². The summed E-state index contributed by atoms with van der Waals surface area (Å²) in [4.78, 5) is 13.9. The molecule has 2 heterocycles. The SMILES string of the molecule is NC1NC2=C(CCOC2)N(CC2CC2)C1=O. The summed E-state index contributed by atoms with van der Waals surface area (Å²) >= 11 is 0. The van der Waals surface area contributed by atoms with Crippen LogP contribution in [0.3, 0.4) is 0 Å². The molecule has 1 fully saturated rings. The standard InChI is InChI=1S/C11H17N3O2/c12-10-11(15)14(5-7-1-2-7)9-3-4-16-6-8(9)13-10/h7,10,13H,1-6,12H2. The number of nitrogens with one attached hydrogen (secondary N) is 1. The van der Waals surface area contributed by atoms with E-state index in [2.05, 4.69) is 5.32 Å². The van der Waals surface area contributed by atoms with Crippen LogP contribution in [0.1, 0.15) is 19.3 Å². The van der Waals surface area contributed by atoms with Crippen LogP contribution in [0.2, 0.25) is 0 Å². The van der Waals surface area contributed by atoms with Crippen molar-refractivity contribution in [3.63, 3.8) is 0 Å². The Morgan fingerprint density at radius 3 is 3.06 bits per heavy atom. The Balaban J connectivity index is 1.86. The number of ether oxygens (including phenoxy) is 1. The van der Waals surface area contributed by atoms with E-state index < -0.39 is 6.17 Å². The molecule has 0 aromatic heterocycles. The number of hydrogen-bond donors (Lipinski definition) is 2. The Kier molecular flexibility index (Phi) is 2.37. The average Bonchev–Trinajstić information content (AvgIpc) is 3.08. The maximum atomic E-state index is 12.0. The maximum Gasteiger partial charge on any atom is 0.264 e. The topological polar surface area (TPSA) is 67.6 Å². The number of amides is 1. The molecular formula is C11H17N3O2. The van der Waals surface area contributed by atoms with Gasteiger partial charge in [0.1, 0.15) is 0 Å². The van der Waals surface area contributed by atoms with Gasteiger partial charge in [0, 0.05) is 18.7 Å². The minimum Gasteiger partial charge on any atom is -0.375 e. The highest BCUT2D eigenvalue weighted by molar-refractivity contribution is 5.84. The molecule has 0 aromatic rings. The van der Waals surface area contributed by atoms with E-state index in [-0.39, 0.29) is 5.91 Å². The fourth-order valence-corrected chi connectivity index (χ4v) is 2.31. The summed E-state index contributed by atoms with van der Waals surface area (Å²) in [6, 6.07) is 0. The van der Waals surface area contributed by atoms with E-state index >= 15 is 0 Å². The summed E-state index contributed by atoms with van der Waals surface area (Å²) < 4.78 is 5.38. The maximum absolute atomic E-state index is 12.0. The molecule has 2 aliphatic heterocycles. The van der Waals surface area contributed by atoms with Crippen LogP contribution in [0.15, 0.2) is 11.4 Å². The molecule has 1 amide bonds. The van der Waals surface area contributed by atoms with Crippen LogP contribution in [0.4, 0.5) is 0 Å². The molecule has 1 aliphatic carbocycles. The summed E-state index contributed by atoms with van der Waals surface area (Å²) in [5, 5.41) is 3.03. The van der Waals surface area contributed by atoms with Gasteiger partial charge < -0.3 is 20.7 Å². The second-order valence-corrected chi connectivity index (χ2v) is 4.74. The van der Waals surface area contributed by atoms with Crippen molar-refractivity contribution in [3.05, 3.63) is 11.4 Å². The van der Waals surface area contributed by atoms with Crippen molar-refractivity contribution in [2.75, 3.05) is 19.8 Å². The second kappa shape index (κ2) is 3.75. The first-order valence-electron chi connectivity index (χ1n) is 5.89. The lowest BCUT2D eigenvalue weighted by atomic mass is 10.1. The lowest BCUT2D eigenvalue weighted by Crippen LogP contribution is -2.57.